The Labute approximate surface area is 139 Å². The minimum atomic E-state index is -0.628. The summed E-state index contributed by atoms with van der Waals surface area (Å²) in [6.45, 7) is 7.21. The first-order valence-corrected chi connectivity index (χ1v) is 8.20. The lowest BCUT2D eigenvalue weighted by Crippen LogP contribution is -2.43. The Balaban J connectivity index is 1.99. The minimum Gasteiger partial charge on any atom is -0.344 e. The van der Waals surface area contributed by atoms with E-state index in [4.69, 9.17) is 0 Å². The molecule has 1 atom stereocenters. The lowest BCUT2D eigenvalue weighted by molar-refractivity contribution is -0.128. The lowest BCUT2D eigenvalue weighted by Gasteiger charge is -2.14. The highest BCUT2D eigenvalue weighted by Gasteiger charge is 2.19. The number of amides is 2. The van der Waals surface area contributed by atoms with E-state index in [0.29, 0.717) is 5.13 Å². The van der Waals surface area contributed by atoms with Crippen LogP contribution in [0.2, 0.25) is 0 Å². The maximum atomic E-state index is 12.1. The second-order valence-corrected chi connectivity index (χ2v) is 6.63. The second kappa shape index (κ2) is 7.32. The zero-order valence-electron chi connectivity index (χ0n) is 13.6. The first-order valence-electron chi connectivity index (χ1n) is 7.38. The van der Waals surface area contributed by atoms with E-state index in [9.17, 15) is 9.59 Å². The monoisotopic (exact) mass is 332 g/mol. The fraction of sp³-hybridized carbons (Fsp3) is 0.375. The normalized spacial score (nSPS) is 12.0. The summed E-state index contributed by atoms with van der Waals surface area (Å²) < 4.78 is 0. The van der Waals surface area contributed by atoms with Gasteiger partial charge in [0.15, 0.2) is 0 Å². The molecule has 0 aliphatic rings. The van der Waals surface area contributed by atoms with Gasteiger partial charge in [-0.05, 0) is 13.8 Å². The molecule has 6 nitrogen and oxygen atoms in total. The molecular weight excluding hydrogens is 312 g/mol. The maximum absolute atomic E-state index is 12.1. The first kappa shape index (κ1) is 17.1. The highest BCUT2D eigenvalue weighted by atomic mass is 32.1. The largest absolute Gasteiger partial charge is 0.344 e. The Morgan fingerprint density at radius 2 is 1.70 bits per heavy atom. The quantitative estimate of drug-likeness (QED) is 0.881. The van der Waals surface area contributed by atoms with Gasteiger partial charge in [-0.1, -0.05) is 55.0 Å². The number of anilines is 1. The number of nitrogens with zero attached hydrogens (tertiary/aromatic N) is 2. The van der Waals surface area contributed by atoms with Crippen LogP contribution < -0.4 is 10.6 Å². The Bertz CT molecular complexity index is 694. The van der Waals surface area contributed by atoms with Crippen LogP contribution in [0.4, 0.5) is 5.13 Å². The minimum absolute atomic E-state index is 0.162. The molecule has 0 aliphatic carbocycles. The number of hydrogen-bond acceptors (Lipinski definition) is 5. The Morgan fingerprint density at radius 3 is 2.30 bits per heavy atom. The van der Waals surface area contributed by atoms with E-state index in [2.05, 4.69) is 20.8 Å². The van der Waals surface area contributed by atoms with Gasteiger partial charge in [0.2, 0.25) is 16.9 Å². The average molecular weight is 332 g/mol. The van der Waals surface area contributed by atoms with Crippen molar-refractivity contribution in [1.29, 1.82) is 0 Å². The summed E-state index contributed by atoms with van der Waals surface area (Å²) in [7, 11) is 0. The van der Waals surface area contributed by atoms with Crippen LogP contribution in [-0.4, -0.2) is 28.1 Å². The fourth-order valence-electron chi connectivity index (χ4n) is 1.75. The van der Waals surface area contributed by atoms with Gasteiger partial charge in [0.1, 0.15) is 11.0 Å². The molecule has 7 heteroatoms. The van der Waals surface area contributed by atoms with Crippen LogP contribution in [-0.2, 0) is 9.59 Å². The highest BCUT2D eigenvalue weighted by molar-refractivity contribution is 7.18. The molecule has 0 spiro atoms. The number of rotatable bonds is 5. The van der Waals surface area contributed by atoms with E-state index < -0.39 is 6.04 Å². The van der Waals surface area contributed by atoms with Crippen LogP contribution in [0.5, 0.6) is 0 Å². The molecule has 0 bridgehead atoms. The first-order chi connectivity index (χ1) is 10.9. The molecule has 2 rings (SSSR count). The van der Waals surface area contributed by atoms with Crippen molar-refractivity contribution in [2.24, 2.45) is 5.92 Å². The standard InChI is InChI=1S/C16H20N4O2S/c1-9(2)13(21)17-11(4)14(22)18-16-20-19-15(23-16)12-7-5-10(3)6-8-12/h5-9,11H,1-4H3,(H,17,21)(H,18,20,22)/t11-/m1/s1. The van der Waals surface area contributed by atoms with E-state index in [1.165, 1.54) is 16.9 Å². The molecule has 0 saturated heterocycles. The summed E-state index contributed by atoms with van der Waals surface area (Å²) >= 11 is 1.30. The fourth-order valence-corrected chi connectivity index (χ4v) is 2.50. The zero-order chi connectivity index (χ0) is 17.0. The number of aromatic nitrogens is 2. The van der Waals surface area contributed by atoms with Crippen molar-refractivity contribution in [1.82, 2.24) is 15.5 Å². The summed E-state index contributed by atoms with van der Waals surface area (Å²) in [5.74, 6) is -0.643. The predicted octanol–water partition coefficient (Wildman–Crippen LogP) is 2.61. The molecule has 0 unspecified atom stereocenters. The zero-order valence-corrected chi connectivity index (χ0v) is 14.4. The van der Waals surface area contributed by atoms with Gasteiger partial charge in [0.05, 0.1) is 0 Å². The van der Waals surface area contributed by atoms with E-state index in [1.54, 1.807) is 20.8 Å². The summed E-state index contributed by atoms with van der Waals surface area (Å²) in [4.78, 5) is 23.7. The number of nitrogens with one attached hydrogen (secondary N) is 2. The Kier molecular flexibility index (Phi) is 5.44. The van der Waals surface area contributed by atoms with Gasteiger partial charge in [0, 0.05) is 11.5 Å². The second-order valence-electron chi connectivity index (χ2n) is 5.65. The third kappa shape index (κ3) is 4.59. The number of hydrogen-bond donors (Lipinski definition) is 2. The summed E-state index contributed by atoms with van der Waals surface area (Å²) in [6, 6.07) is 7.30. The van der Waals surface area contributed by atoms with Crippen LogP contribution in [0.3, 0.4) is 0 Å². The van der Waals surface area contributed by atoms with Crippen LogP contribution in [0.1, 0.15) is 26.3 Å². The molecule has 1 aromatic heterocycles. The van der Waals surface area contributed by atoms with Gasteiger partial charge in [-0.25, -0.2) is 0 Å². The molecule has 1 aromatic carbocycles. The van der Waals surface area contributed by atoms with Gasteiger partial charge in [0.25, 0.3) is 0 Å². The van der Waals surface area contributed by atoms with Crippen molar-refractivity contribution in [3.63, 3.8) is 0 Å². The van der Waals surface area contributed by atoms with Crippen LogP contribution in [0.15, 0.2) is 24.3 Å². The van der Waals surface area contributed by atoms with Crippen molar-refractivity contribution in [3.05, 3.63) is 29.8 Å². The smallest absolute Gasteiger partial charge is 0.248 e. The van der Waals surface area contributed by atoms with Gasteiger partial charge < -0.3 is 5.32 Å². The van der Waals surface area contributed by atoms with Crippen LogP contribution in [0.25, 0.3) is 10.6 Å². The van der Waals surface area contributed by atoms with Crippen molar-refractivity contribution in [3.8, 4) is 10.6 Å². The lowest BCUT2D eigenvalue weighted by atomic mass is 10.2. The van der Waals surface area contributed by atoms with Crippen molar-refractivity contribution in [2.75, 3.05) is 5.32 Å². The molecule has 2 amide bonds. The summed E-state index contributed by atoms with van der Waals surface area (Å²) in [5, 5.41) is 14.5. The molecule has 0 radical (unpaired) electrons. The number of carbonyl (C=O) groups is 2. The molecule has 0 saturated carbocycles. The molecule has 122 valence electrons. The SMILES string of the molecule is Cc1ccc(-c2nnc(NC(=O)[C@@H](C)NC(=O)C(C)C)s2)cc1. The molecule has 1 heterocycles. The number of benzene rings is 1. The third-order valence-corrected chi connectivity index (χ3v) is 4.12. The molecule has 2 aromatic rings. The molecular formula is C16H20N4O2S. The van der Waals surface area contributed by atoms with Crippen LogP contribution in [0, 0.1) is 12.8 Å². The van der Waals surface area contributed by atoms with Gasteiger partial charge >= 0.3 is 0 Å². The van der Waals surface area contributed by atoms with E-state index in [1.807, 2.05) is 31.2 Å². The number of carbonyl (C=O) groups excluding carboxylic acids is 2. The molecule has 0 fully saturated rings. The van der Waals surface area contributed by atoms with Crippen molar-refractivity contribution in [2.45, 2.75) is 33.7 Å². The van der Waals surface area contributed by atoms with Gasteiger partial charge in [-0.15, -0.1) is 10.2 Å². The topological polar surface area (TPSA) is 84.0 Å². The predicted molar refractivity (Wildman–Crippen MR) is 91.2 cm³/mol. The maximum Gasteiger partial charge on any atom is 0.248 e. The van der Waals surface area contributed by atoms with Crippen LogP contribution >= 0.6 is 11.3 Å². The highest BCUT2D eigenvalue weighted by Crippen LogP contribution is 2.26. The van der Waals surface area contributed by atoms with E-state index in [0.717, 1.165) is 10.6 Å². The third-order valence-electron chi connectivity index (χ3n) is 3.23. The van der Waals surface area contributed by atoms with Gasteiger partial charge in [-0.3, -0.25) is 14.9 Å². The Morgan fingerprint density at radius 1 is 1.04 bits per heavy atom. The molecule has 2 N–H and O–H groups in total. The number of aryl methyl sites for hydroxylation is 1. The Hall–Kier alpha value is -2.28. The van der Waals surface area contributed by atoms with E-state index in [-0.39, 0.29) is 17.7 Å². The van der Waals surface area contributed by atoms with Crippen molar-refractivity contribution < 1.29 is 9.59 Å². The summed E-state index contributed by atoms with van der Waals surface area (Å²) in [5.41, 5.74) is 2.12. The molecule has 23 heavy (non-hydrogen) atoms. The van der Waals surface area contributed by atoms with Gasteiger partial charge in [-0.2, -0.15) is 0 Å². The van der Waals surface area contributed by atoms with Crippen molar-refractivity contribution >= 4 is 28.3 Å². The molecule has 0 aliphatic heterocycles. The average Bonchev–Trinajstić information content (AvgIpc) is 2.96. The summed E-state index contributed by atoms with van der Waals surface area (Å²) in [6.07, 6.45) is 0. The van der Waals surface area contributed by atoms with E-state index >= 15 is 0 Å².